The first-order chi connectivity index (χ1) is 8.45. The Bertz CT molecular complexity index is 584. The first-order valence-corrected chi connectivity index (χ1v) is 5.82. The molecule has 0 aliphatic carbocycles. The fourth-order valence-electron chi connectivity index (χ4n) is 2.05. The van der Waals surface area contributed by atoms with E-state index in [1.165, 1.54) is 0 Å². The first kappa shape index (κ1) is 12.5. The van der Waals surface area contributed by atoms with Crippen molar-refractivity contribution in [2.45, 2.75) is 20.3 Å². The van der Waals surface area contributed by atoms with Gasteiger partial charge in [0.25, 0.3) is 0 Å². The summed E-state index contributed by atoms with van der Waals surface area (Å²) in [6, 6.07) is 5.76. The van der Waals surface area contributed by atoms with E-state index in [-0.39, 0.29) is 0 Å². The third kappa shape index (κ3) is 2.06. The molecule has 0 saturated carbocycles. The van der Waals surface area contributed by atoms with Crippen LogP contribution in [0.5, 0.6) is 5.75 Å². The molecule has 0 aliphatic rings. The summed E-state index contributed by atoms with van der Waals surface area (Å²) in [5.74, 6) is -0.0216. The number of benzene rings is 1. The van der Waals surface area contributed by atoms with Crippen LogP contribution in [0, 0.1) is 5.41 Å². The van der Waals surface area contributed by atoms with E-state index in [1.807, 2.05) is 24.4 Å². The molecular weight excluding hydrogens is 230 g/mol. The Hall–Kier alpha value is -1.97. The number of methoxy groups -OCH3 is 1. The number of carbonyl (C=O) groups is 1. The van der Waals surface area contributed by atoms with Gasteiger partial charge >= 0.3 is 5.97 Å². The van der Waals surface area contributed by atoms with Gasteiger partial charge in [-0.1, -0.05) is 12.1 Å². The number of hydrogen-bond donors (Lipinski definition) is 2. The van der Waals surface area contributed by atoms with Crippen molar-refractivity contribution >= 4 is 16.9 Å². The molecule has 0 radical (unpaired) electrons. The molecule has 2 N–H and O–H groups in total. The Morgan fingerprint density at radius 2 is 2.17 bits per heavy atom. The maximum absolute atomic E-state index is 11.2. The molecule has 0 aliphatic heterocycles. The van der Waals surface area contributed by atoms with Gasteiger partial charge < -0.3 is 14.8 Å². The van der Waals surface area contributed by atoms with Crippen molar-refractivity contribution in [3.05, 3.63) is 30.0 Å². The number of aromatic nitrogens is 1. The van der Waals surface area contributed by atoms with E-state index in [9.17, 15) is 9.90 Å². The molecule has 1 aromatic heterocycles. The normalized spacial score (nSPS) is 11.7. The second-order valence-electron chi connectivity index (χ2n) is 5.06. The number of aromatic amines is 1. The highest BCUT2D eigenvalue weighted by molar-refractivity contribution is 5.89. The third-order valence-electron chi connectivity index (χ3n) is 3.19. The maximum atomic E-state index is 11.2. The molecule has 96 valence electrons. The van der Waals surface area contributed by atoms with Gasteiger partial charge in [0.1, 0.15) is 5.75 Å². The minimum absolute atomic E-state index is 0.482. The molecule has 0 amide bonds. The number of ether oxygens (including phenoxy) is 1. The summed E-state index contributed by atoms with van der Waals surface area (Å²) >= 11 is 0. The van der Waals surface area contributed by atoms with E-state index in [4.69, 9.17) is 4.74 Å². The molecule has 1 aromatic carbocycles. The molecular formula is C14H17NO3. The SMILES string of the molecule is COc1cccc2c(CC(C)(C)C(=O)O)c[nH]c12. The van der Waals surface area contributed by atoms with E-state index >= 15 is 0 Å². The van der Waals surface area contributed by atoms with Gasteiger partial charge in [-0.05, 0) is 31.9 Å². The molecule has 1 heterocycles. The summed E-state index contributed by atoms with van der Waals surface area (Å²) in [6.45, 7) is 3.46. The van der Waals surface area contributed by atoms with Gasteiger partial charge in [-0.25, -0.2) is 0 Å². The fourth-order valence-corrected chi connectivity index (χ4v) is 2.05. The zero-order chi connectivity index (χ0) is 13.3. The quantitative estimate of drug-likeness (QED) is 0.873. The number of carboxylic acids is 1. The molecule has 2 aromatic rings. The van der Waals surface area contributed by atoms with E-state index < -0.39 is 11.4 Å². The van der Waals surface area contributed by atoms with Crippen LogP contribution in [-0.2, 0) is 11.2 Å². The number of nitrogens with one attached hydrogen (secondary N) is 1. The zero-order valence-electron chi connectivity index (χ0n) is 10.8. The number of aliphatic carboxylic acids is 1. The van der Waals surface area contributed by atoms with Crippen LogP contribution in [0.3, 0.4) is 0 Å². The van der Waals surface area contributed by atoms with Crippen LogP contribution < -0.4 is 4.74 Å². The van der Waals surface area contributed by atoms with Gasteiger partial charge in [0, 0.05) is 11.6 Å². The van der Waals surface area contributed by atoms with Crippen molar-refractivity contribution in [1.82, 2.24) is 4.98 Å². The highest BCUT2D eigenvalue weighted by atomic mass is 16.5. The Morgan fingerprint density at radius 3 is 2.78 bits per heavy atom. The fraction of sp³-hybridized carbons (Fsp3) is 0.357. The molecule has 0 bridgehead atoms. The Kier molecular flexibility index (Phi) is 3.03. The molecule has 0 saturated heterocycles. The van der Waals surface area contributed by atoms with Crippen LogP contribution in [0.15, 0.2) is 24.4 Å². The van der Waals surface area contributed by atoms with Crippen LogP contribution in [0.4, 0.5) is 0 Å². The molecule has 0 spiro atoms. The number of para-hydroxylation sites is 1. The number of H-pyrrole nitrogens is 1. The summed E-state index contributed by atoms with van der Waals surface area (Å²) in [4.78, 5) is 14.3. The van der Waals surface area contributed by atoms with Crippen LogP contribution in [-0.4, -0.2) is 23.2 Å². The van der Waals surface area contributed by atoms with Gasteiger partial charge in [-0.2, -0.15) is 0 Å². The van der Waals surface area contributed by atoms with Gasteiger partial charge in [0.2, 0.25) is 0 Å². The topological polar surface area (TPSA) is 62.3 Å². The minimum atomic E-state index is -0.792. The average molecular weight is 247 g/mol. The van der Waals surface area contributed by atoms with E-state index in [2.05, 4.69) is 4.98 Å². The Labute approximate surface area is 106 Å². The Morgan fingerprint density at radius 1 is 1.44 bits per heavy atom. The second kappa shape index (κ2) is 4.37. The predicted molar refractivity (Wildman–Crippen MR) is 70.0 cm³/mol. The summed E-state index contributed by atoms with van der Waals surface area (Å²) in [5.41, 5.74) is 1.13. The van der Waals surface area contributed by atoms with Crippen molar-refractivity contribution in [3.63, 3.8) is 0 Å². The number of fused-ring (bicyclic) bond motifs is 1. The van der Waals surface area contributed by atoms with Gasteiger partial charge in [0.15, 0.2) is 0 Å². The second-order valence-corrected chi connectivity index (χ2v) is 5.06. The summed E-state index contributed by atoms with van der Waals surface area (Å²) < 4.78 is 5.27. The van der Waals surface area contributed by atoms with Gasteiger partial charge in [-0.15, -0.1) is 0 Å². The largest absolute Gasteiger partial charge is 0.495 e. The lowest BCUT2D eigenvalue weighted by Gasteiger charge is -2.18. The van der Waals surface area contributed by atoms with Crippen LogP contribution in [0.2, 0.25) is 0 Å². The predicted octanol–water partition coefficient (Wildman–Crippen LogP) is 2.83. The summed E-state index contributed by atoms with van der Waals surface area (Å²) in [6.07, 6.45) is 2.34. The zero-order valence-corrected chi connectivity index (χ0v) is 10.8. The number of rotatable bonds is 4. The molecule has 2 rings (SSSR count). The monoisotopic (exact) mass is 247 g/mol. The standard InChI is InChI=1S/C14H17NO3/c1-14(2,13(16)17)7-9-8-15-12-10(9)5-4-6-11(12)18-3/h4-6,8,15H,7H2,1-3H3,(H,16,17). The van der Waals surface area contributed by atoms with Crippen LogP contribution in [0.1, 0.15) is 19.4 Å². The molecule has 0 atom stereocenters. The van der Waals surface area contributed by atoms with Gasteiger partial charge in [0.05, 0.1) is 18.0 Å². The molecule has 4 nitrogen and oxygen atoms in total. The van der Waals surface area contributed by atoms with E-state index in [0.29, 0.717) is 6.42 Å². The highest BCUT2D eigenvalue weighted by Crippen LogP contribution is 2.31. The summed E-state index contributed by atoms with van der Waals surface area (Å²) in [7, 11) is 1.62. The van der Waals surface area contributed by atoms with E-state index in [1.54, 1.807) is 21.0 Å². The third-order valence-corrected chi connectivity index (χ3v) is 3.19. The highest BCUT2D eigenvalue weighted by Gasteiger charge is 2.28. The molecule has 0 unspecified atom stereocenters. The lowest BCUT2D eigenvalue weighted by molar-refractivity contribution is -0.146. The van der Waals surface area contributed by atoms with Crippen molar-refractivity contribution in [2.75, 3.05) is 7.11 Å². The van der Waals surface area contributed by atoms with Crippen LogP contribution >= 0.6 is 0 Å². The smallest absolute Gasteiger partial charge is 0.309 e. The number of carboxylic acid groups (broad SMARTS) is 1. The molecule has 4 heteroatoms. The Balaban J connectivity index is 2.45. The molecule has 0 fully saturated rings. The lowest BCUT2D eigenvalue weighted by atomic mass is 9.86. The maximum Gasteiger partial charge on any atom is 0.309 e. The average Bonchev–Trinajstić information content (AvgIpc) is 2.71. The van der Waals surface area contributed by atoms with Crippen LogP contribution in [0.25, 0.3) is 10.9 Å². The van der Waals surface area contributed by atoms with Crippen molar-refractivity contribution < 1.29 is 14.6 Å². The first-order valence-electron chi connectivity index (χ1n) is 5.82. The molecule has 18 heavy (non-hydrogen) atoms. The van der Waals surface area contributed by atoms with E-state index in [0.717, 1.165) is 22.2 Å². The lowest BCUT2D eigenvalue weighted by Crippen LogP contribution is -2.26. The summed E-state index contributed by atoms with van der Waals surface area (Å²) in [5, 5.41) is 10.2. The van der Waals surface area contributed by atoms with Gasteiger partial charge in [-0.3, -0.25) is 4.79 Å². The number of hydrogen-bond acceptors (Lipinski definition) is 2. The van der Waals surface area contributed by atoms with Crippen molar-refractivity contribution in [3.8, 4) is 5.75 Å². The minimum Gasteiger partial charge on any atom is -0.495 e. The van der Waals surface area contributed by atoms with Crippen molar-refractivity contribution in [2.24, 2.45) is 5.41 Å². The van der Waals surface area contributed by atoms with Crippen molar-refractivity contribution in [1.29, 1.82) is 0 Å².